The van der Waals surface area contributed by atoms with Crippen molar-refractivity contribution in [2.75, 3.05) is 20.8 Å². The van der Waals surface area contributed by atoms with E-state index in [2.05, 4.69) is 4.99 Å². The first-order valence-corrected chi connectivity index (χ1v) is 10.6. The number of hydrogen-bond donors (Lipinski definition) is 0. The van der Waals surface area contributed by atoms with Gasteiger partial charge in [0.2, 0.25) is 0 Å². The van der Waals surface area contributed by atoms with Crippen LogP contribution in [0.5, 0.6) is 17.2 Å². The summed E-state index contributed by atoms with van der Waals surface area (Å²) in [4.78, 5) is 18.2. The number of fused-ring (bicyclic) bond motifs is 1. The molecule has 4 aromatic rings. The van der Waals surface area contributed by atoms with Gasteiger partial charge in [0.1, 0.15) is 22.8 Å². The van der Waals surface area contributed by atoms with E-state index in [4.69, 9.17) is 14.2 Å². The normalized spacial score (nSPS) is 11.6. The minimum atomic E-state index is -0.372. The van der Waals surface area contributed by atoms with Crippen LogP contribution in [0.25, 0.3) is 10.2 Å². The Morgan fingerprint density at radius 2 is 1.68 bits per heavy atom. The summed E-state index contributed by atoms with van der Waals surface area (Å²) in [6.45, 7) is 1.03. The van der Waals surface area contributed by atoms with Crippen molar-refractivity contribution >= 4 is 27.5 Å². The lowest BCUT2D eigenvalue weighted by Gasteiger charge is -2.09. The molecule has 158 valence electrons. The van der Waals surface area contributed by atoms with E-state index < -0.39 is 0 Å². The highest BCUT2D eigenvalue weighted by Gasteiger charge is 2.15. The molecule has 6 nitrogen and oxygen atoms in total. The predicted octanol–water partition coefficient (Wildman–Crippen LogP) is 4.89. The highest BCUT2D eigenvalue weighted by Crippen LogP contribution is 2.28. The summed E-state index contributed by atoms with van der Waals surface area (Å²) in [5.41, 5.74) is 1.29. The van der Waals surface area contributed by atoms with E-state index in [-0.39, 0.29) is 5.91 Å². The van der Waals surface area contributed by atoms with Crippen LogP contribution in [0.2, 0.25) is 0 Å². The van der Waals surface area contributed by atoms with E-state index in [1.807, 2.05) is 59.2 Å². The second-order valence-corrected chi connectivity index (χ2v) is 7.67. The van der Waals surface area contributed by atoms with E-state index in [1.54, 1.807) is 32.4 Å². The molecule has 1 amide bonds. The van der Waals surface area contributed by atoms with Crippen LogP contribution in [0.15, 0.2) is 77.8 Å². The summed E-state index contributed by atoms with van der Waals surface area (Å²) in [6, 6.07) is 22.3. The number of benzene rings is 3. The van der Waals surface area contributed by atoms with Crippen molar-refractivity contribution in [3.8, 4) is 17.2 Å². The summed E-state index contributed by atoms with van der Waals surface area (Å²) in [7, 11) is 3.28. The minimum absolute atomic E-state index is 0.372. The standard InChI is InChI=1S/C24H22N2O4S/c1-28-16-15-26-22-20(29-2)13-8-14-21(22)31-24(26)25-23(27)18-11-6-7-12-19(18)30-17-9-4-3-5-10-17/h3-14H,15-16H2,1-2H3. The summed E-state index contributed by atoms with van der Waals surface area (Å²) < 4.78 is 19.7. The predicted molar refractivity (Wildman–Crippen MR) is 121 cm³/mol. The molecule has 0 radical (unpaired) electrons. The van der Waals surface area contributed by atoms with E-state index >= 15 is 0 Å². The van der Waals surface area contributed by atoms with E-state index in [0.717, 1.165) is 16.0 Å². The third-order valence-corrected chi connectivity index (χ3v) is 5.73. The number of nitrogens with zero attached hydrogens (tertiary/aromatic N) is 2. The lowest BCUT2D eigenvalue weighted by Crippen LogP contribution is -2.19. The smallest absolute Gasteiger partial charge is 0.283 e. The van der Waals surface area contributed by atoms with Crippen molar-refractivity contribution in [3.05, 3.63) is 83.2 Å². The molecule has 1 heterocycles. The van der Waals surface area contributed by atoms with Crippen LogP contribution in [0.1, 0.15) is 10.4 Å². The molecule has 0 fully saturated rings. The number of carbonyl (C=O) groups is 1. The number of carbonyl (C=O) groups excluding carboxylic acids is 1. The number of methoxy groups -OCH3 is 2. The van der Waals surface area contributed by atoms with Crippen molar-refractivity contribution in [3.63, 3.8) is 0 Å². The lowest BCUT2D eigenvalue weighted by molar-refractivity contribution is 0.0995. The minimum Gasteiger partial charge on any atom is -0.495 e. The molecule has 0 saturated heterocycles. The first-order chi connectivity index (χ1) is 15.2. The fourth-order valence-electron chi connectivity index (χ4n) is 3.23. The second kappa shape index (κ2) is 9.59. The third kappa shape index (κ3) is 4.52. The van der Waals surface area contributed by atoms with Gasteiger partial charge in [0.05, 0.1) is 24.0 Å². The maximum absolute atomic E-state index is 13.2. The van der Waals surface area contributed by atoms with E-state index in [9.17, 15) is 4.79 Å². The number of para-hydroxylation sites is 3. The van der Waals surface area contributed by atoms with Crippen LogP contribution in [0, 0.1) is 0 Å². The monoisotopic (exact) mass is 434 g/mol. The van der Waals surface area contributed by atoms with Gasteiger partial charge in [-0.05, 0) is 36.4 Å². The summed E-state index contributed by atoms with van der Waals surface area (Å²) in [5.74, 6) is 1.48. The topological polar surface area (TPSA) is 62.1 Å². The quantitative estimate of drug-likeness (QED) is 0.415. The SMILES string of the molecule is COCCn1c(=NC(=O)c2ccccc2Oc2ccccc2)sc2cccc(OC)c21. The highest BCUT2D eigenvalue weighted by molar-refractivity contribution is 7.16. The Kier molecular flexibility index (Phi) is 6.45. The Morgan fingerprint density at radius 1 is 0.935 bits per heavy atom. The van der Waals surface area contributed by atoms with Crippen LogP contribution in [-0.2, 0) is 11.3 Å². The van der Waals surface area contributed by atoms with Crippen LogP contribution in [0.4, 0.5) is 0 Å². The molecular weight excluding hydrogens is 412 g/mol. The van der Waals surface area contributed by atoms with Crippen LogP contribution in [0.3, 0.4) is 0 Å². The van der Waals surface area contributed by atoms with Gasteiger partial charge in [-0.25, -0.2) is 0 Å². The van der Waals surface area contributed by atoms with Crippen molar-refractivity contribution in [1.82, 2.24) is 4.57 Å². The molecule has 0 unspecified atom stereocenters. The van der Waals surface area contributed by atoms with Gasteiger partial charge in [0.15, 0.2) is 4.80 Å². The van der Waals surface area contributed by atoms with Crippen LogP contribution in [-0.4, -0.2) is 31.3 Å². The maximum atomic E-state index is 13.2. The molecule has 0 aliphatic carbocycles. The van der Waals surface area contributed by atoms with Gasteiger partial charge in [0.25, 0.3) is 5.91 Å². The lowest BCUT2D eigenvalue weighted by atomic mass is 10.2. The van der Waals surface area contributed by atoms with E-state index in [0.29, 0.717) is 35.0 Å². The molecule has 4 rings (SSSR count). The summed E-state index contributed by atoms with van der Waals surface area (Å²) in [5, 5.41) is 0. The first-order valence-electron chi connectivity index (χ1n) is 9.77. The van der Waals surface area contributed by atoms with Crippen LogP contribution < -0.4 is 14.3 Å². The number of hydrogen-bond acceptors (Lipinski definition) is 5. The van der Waals surface area contributed by atoms with Crippen molar-refractivity contribution < 1.29 is 19.0 Å². The molecule has 7 heteroatoms. The number of amides is 1. The Morgan fingerprint density at radius 3 is 2.45 bits per heavy atom. The van der Waals surface area contributed by atoms with Crippen molar-refractivity contribution in [1.29, 1.82) is 0 Å². The Bertz CT molecular complexity index is 1260. The number of ether oxygens (including phenoxy) is 3. The highest BCUT2D eigenvalue weighted by atomic mass is 32.1. The van der Waals surface area contributed by atoms with Crippen LogP contribution >= 0.6 is 11.3 Å². The van der Waals surface area contributed by atoms with Gasteiger partial charge in [0, 0.05) is 13.7 Å². The van der Waals surface area contributed by atoms with E-state index in [1.165, 1.54) is 11.3 Å². The Balaban J connectivity index is 1.78. The molecular formula is C24H22N2O4S. The number of thiazole rings is 1. The third-order valence-electron chi connectivity index (χ3n) is 4.69. The molecule has 0 bridgehead atoms. The molecule has 0 aliphatic rings. The largest absolute Gasteiger partial charge is 0.495 e. The Labute approximate surface area is 184 Å². The molecule has 0 spiro atoms. The molecule has 0 saturated carbocycles. The second-order valence-electron chi connectivity index (χ2n) is 6.66. The molecule has 0 atom stereocenters. The van der Waals surface area contributed by atoms with Gasteiger partial charge < -0.3 is 18.8 Å². The van der Waals surface area contributed by atoms with Crippen molar-refractivity contribution in [2.45, 2.75) is 6.54 Å². The molecule has 3 aromatic carbocycles. The molecule has 0 N–H and O–H groups in total. The fourth-order valence-corrected chi connectivity index (χ4v) is 4.30. The zero-order valence-electron chi connectivity index (χ0n) is 17.3. The fraction of sp³-hybridized carbons (Fsp3) is 0.167. The number of rotatable bonds is 7. The van der Waals surface area contributed by atoms with Crippen molar-refractivity contribution in [2.24, 2.45) is 4.99 Å². The number of aromatic nitrogens is 1. The van der Waals surface area contributed by atoms with Gasteiger partial charge in [-0.3, -0.25) is 4.79 Å². The molecule has 1 aromatic heterocycles. The summed E-state index contributed by atoms with van der Waals surface area (Å²) >= 11 is 1.44. The van der Waals surface area contributed by atoms with Gasteiger partial charge >= 0.3 is 0 Å². The zero-order valence-corrected chi connectivity index (χ0v) is 18.1. The van der Waals surface area contributed by atoms with Gasteiger partial charge in [-0.1, -0.05) is 47.7 Å². The summed E-state index contributed by atoms with van der Waals surface area (Å²) in [6.07, 6.45) is 0. The first kappa shape index (κ1) is 20.8. The van der Waals surface area contributed by atoms with Gasteiger partial charge in [-0.15, -0.1) is 0 Å². The maximum Gasteiger partial charge on any atom is 0.283 e. The molecule has 31 heavy (non-hydrogen) atoms. The zero-order chi connectivity index (χ0) is 21.6. The average Bonchev–Trinajstić information content (AvgIpc) is 3.15. The van der Waals surface area contributed by atoms with Gasteiger partial charge in [-0.2, -0.15) is 4.99 Å². The molecule has 0 aliphatic heterocycles. The Hall–Kier alpha value is -3.42. The average molecular weight is 435 g/mol.